The van der Waals surface area contributed by atoms with E-state index in [9.17, 15) is 14.7 Å². The van der Waals surface area contributed by atoms with Crippen LogP contribution in [0.3, 0.4) is 0 Å². The molecule has 35 heavy (non-hydrogen) atoms. The lowest BCUT2D eigenvalue weighted by Gasteiger charge is -2.29. The number of carbonyl (C=O) groups excluding carboxylic acids is 1. The number of aromatic carboxylic acids is 1. The number of aromatic nitrogens is 2. The largest absolute Gasteiger partial charge is 0.478 e. The lowest BCUT2D eigenvalue weighted by atomic mass is 9.88. The molecule has 0 radical (unpaired) electrons. The van der Waals surface area contributed by atoms with Gasteiger partial charge in [-0.25, -0.2) is 14.6 Å². The van der Waals surface area contributed by atoms with E-state index in [2.05, 4.69) is 35.8 Å². The number of ether oxygens (including phenoxy) is 1. The highest BCUT2D eigenvalue weighted by Crippen LogP contribution is 2.39. The molecule has 0 bridgehead atoms. The maximum Gasteiger partial charge on any atom is 0.409 e. The first-order valence-corrected chi connectivity index (χ1v) is 12.6. The number of imidazole rings is 1. The fraction of sp³-hybridized carbons (Fsp3) is 0.464. The number of benzene rings is 2. The van der Waals surface area contributed by atoms with Gasteiger partial charge in [0.2, 0.25) is 0 Å². The zero-order valence-electron chi connectivity index (χ0n) is 20.5. The van der Waals surface area contributed by atoms with Crippen LogP contribution in [0, 0.1) is 0 Å². The molecule has 2 aromatic carbocycles. The van der Waals surface area contributed by atoms with Gasteiger partial charge in [0.15, 0.2) is 0 Å². The maximum absolute atomic E-state index is 12.3. The zero-order chi connectivity index (χ0) is 24.5. The van der Waals surface area contributed by atoms with Crippen molar-refractivity contribution in [1.29, 1.82) is 0 Å². The fourth-order valence-electron chi connectivity index (χ4n) is 5.96. The monoisotopic (exact) mass is 475 g/mol. The van der Waals surface area contributed by atoms with Crippen LogP contribution < -0.4 is 0 Å². The number of amides is 1. The molecule has 184 valence electrons. The highest BCUT2D eigenvalue weighted by atomic mass is 16.5. The van der Waals surface area contributed by atoms with Gasteiger partial charge in [0.25, 0.3) is 0 Å². The molecule has 1 atom stereocenters. The molecule has 3 aromatic rings. The van der Waals surface area contributed by atoms with Crippen molar-refractivity contribution in [3.05, 3.63) is 64.5 Å². The molecular weight excluding hydrogens is 442 g/mol. The molecule has 0 saturated heterocycles. The molecule has 1 fully saturated rings. The third-order valence-corrected chi connectivity index (χ3v) is 7.66. The minimum absolute atomic E-state index is 0.110. The molecule has 7 heteroatoms. The summed E-state index contributed by atoms with van der Waals surface area (Å²) in [4.78, 5) is 31.5. The van der Waals surface area contributed by atoms with E-state index in [0.29, 0.717) is 31.0 Å². The molecule has 2 aliphatic rings. The van der Waals surface area contributed by atoms with E-state index in [1.165, 1.54) is 31.9 Å². The van der Waals surface area contributed by atoms with Crippen LogP contribution in [-0.2, 0) is 24.1 Å². The Morgan fingerprint density at radius 3 is 2.57 bits per heavy atom. The molecule has 1 aliphatic carbocycles. The second kappa shape index (κ2) is 9.72. The van der Waals surface area contributed by atoms with Gasteiger partial charge in [-0.3, -0.25) is 0 Å². The molecule has 1 amide bonds. The van der Waals surface area contributed by atoms with Crippen molar-refractivity contribution in [2.45, 2.75) is 70.4 Å². The van der Waals surface area contributed by atoms with Gasteiger partial charge in [0, 0.05) is 24.1 Å². The van der Waals surface area contributed by atoms with E-state index in [1.54, 1.807) is 4.90 Å². The highest BCUT2D eigenvalue weighted by molar-refractivity contribution is 5.96. The summed E-state index contributed by atoms with van der Waals surface area (Å²) in [6, 6.07) is 12.3. The molecular formula is C28H33N3O4. The summed E-state index contributed by atoms with van der Waals surface area (Å²) in [7, 11) is 1.38. The smallest absolute Gasteiger partial charge is 0.409 e. The second-order valence-corrected chi connectivity index (χ2v) is 9.91. The predicted octanol–water partition coefficient (Wildman–Crippen LogP) is 5.71. The first-order chi connectivity index (χ1) is 17.0. The number of carboxylic acid groups (broad SMARTS) is 1. The van der Waals surface area contributed by atoms with Crippen LogP contribution in [0.4, 0.5) is 4.79 Å². The van der Waals surface area contributed by atoms with Crippen LogP contribution >= 0.6 is 0 Å². The zero-order valence-corrected chi connectivity index (χ0v) is 20.5. The Hall–Kier alpha value is -3.35. The summed E-state index contributed by atoms with van der Waals surface area (Å²) >= 11 is 0. The van der Waals surface area contributed by atoms with Crippen LogP contribution in [-0.4, -0.2) is 45.3 Å². The predicted molar refractivity (Wildman–Crippen MR) is 134 cm³/mol. The van der Waals surface area contributed by atoms with Gasteiger partial charge in [-0.2, -0.15) is 0 Å². The molecule has 7 nitrogen and oxygen atoms in total. The topological polar surface area (TPSA) is 84.7 Å². The molecule has 5 rings (SSSR count). The van der Waals surface area contributed by atoms with Crippen molar-refractivity contribution < 1.29 is 19.4 Å². The summed E-state index contributed by atoms with van der Waals surface area (Å²) in [5.74, 6) is 0.485. The normalized spacial score (nSPS) is 17.3. The molecule has 0 spiro atoms. The Kier molecular flexibility index (Phi) is 6.50. The number of fused-ring (bicyclic) bond motifs is 3. The molecule has 1 aromatic heterocycles. The van der Waals surface area contributed by atoms with Crippen molar-refractivity contribution >= 4 is 23.1 Å². The van der Waals surface area contributed by atoms with E-state index >= 15 is 0 Å². The quantitative estimate of drug-likeness (QED) is 0.511. The van der Waals surface area contributed by atoms with Gasteiger partial charge in [-0.1, -0.05) is 49.6 Å². The Morgan fingerprint density at radius 2 is 1.89 bits per heavy atom. The minimum atomic E-state index is -0.933. The van der Waals surface area contributed by atoms with Gasteiger partial charge in [-0.15, -0.1) is 0 Å². The van der Waals surface area contributed by atoms with E-state index < -0.39 is 12.1 Å². The molecule has 0 unspecified atom stereocenters. The first-order valence-electron chi connectivity index (χ1n) is 12.6. The molecule has 2 heterocycles. The number of nitrogens with zero attached hydrogens (tertiary/aromatic N) is 3. The van der Waals surface area contributed by atoms with Crippen LogP contribution in [0.1, 0.15) is 83.9 Å². The summed E-state index contributed by atoms with van der Waals surface area (Å²) in [5.41, 5.74) is 4.89. The minimum Gasteiger partial charge on any atom is -0.478 e. The average molecular weight is 476 g/mol. The summed E-state index contributed by atoms with van der Waals surface area (Å²) in [6.45, 7) is 2.95. The van der Waals surface area contributed by atoms with E-state index in [4.69, 9.17) is 9.72 Å². The second-order valence-electron chi connectivity index (χ2n) is 9.91. The summed E-state index contributed by atoms with van der Waals surface area (Å²) in [6.07, 6.45) is 6.75. The Morgan fingerprint density at radius 1 is 1.14 bits per heavy atom. The van der Waals surface area contributed by atoms with Crippen molar-refractivity contribution in [1.82, 2.24) is 14.5 Å². The van der Waals surface area contributed by atoms with Gasteiger partial charge in [-0.05, 0) is 49.8 Å². The van der Waals surface area contributed by atoms with Crippen molar-refractivity contribution in [3.8, 4) is 0 Å². The van der Waals surface area contributed by atoms with Crippen LogP contribution in [0.5, 0.6) is 0 Å². The molecule has 1 saturated carbocycles. The van der Waals surface area contributed by atoms with Gasteiger partial charge in [0.1, 0.15) is 5.82 Å². The Bertz CT molecular complexity index is 1240. The fourth-order valence-corrected chi connectivity index (χ4v) is 5.96. The highest BCUT2D eigenvalue weighted by Gasteiger charge is 2.32. The van der Waals surface area contributed by atoms with Crippen molar-refractivity contribution in [2.24, 2.45) is 0 Å². The number of carbonyl (C=O) groups is 2. The van der Waals surface area contributed by atoms with Gasteiger partial charge >= 0.3 is 12.1 Å². The molecule has 1 aliphatic heterocycles. The van der Waals surface area contributed by atoms with Gasteiger partial charge < -0.3 is 19.3 Å². The Balaban J connectivity index is 1.69. The number of hydrogen-bond donors (Lipinski definition) is 1. The van der Waals surface area contributed by atoms with Crippen molar-refractivity contribution in [3.63, 3.8) is 0 Å². The first kappa shape index (κ1) is 23.4. The van der Waals surface area contributed by atoms with Crippen LogP contribution in [0.15, 0.2) is 36.4 Å². The third-order valence-electron chi connectivity index (χ3n) is 7.66. The standard InChI is InChI=1S/C28H33N3O4/c1-18(15-19-9-5-3-6-10-19)31-24-16-22(27(32)33)21-13-14-30(28(34)35-2)17-23(21)25(24)29-26(31)20-11-7-4-8-12-20/h3,5-6,9-10,16,18,20H,4,7-8,11-15,17H2,1-2H3,(H,32,33)/t18-/m1/s1. The lowest BCUT2D eigenvalue weighted by Crippen LogP contribution is -2.36. The Labute approximate surface area is 205 Å². The number of hydrogen-bond acceptors (Lipinski definition) is 4. The van der Waals surface area contributed by atoms with Crippen LogP contribution in [0.2, 0.25) is 0 Å². The number of carboxylic acids is 1. The van der Waals surface area contributed by atoms with Crippen molar-refractivity contribution in [2.75, 3.05) is 13.7 Å². The summed E-state index contributed by atoms with van der Waals surface area (Å²) < 4.78 is 7.26. The van der Waals surface area contributed by atoms with Gasteiger partial charge in [0.05, 0.1) is 30.3 Å². The average Bonchev–Trinajstić information content (AvgIpc) is 3.28. The summed E-state index contributed by atoms with van der Waals surface area (Å²) in [5, 5.41) is 10.1. The van der Waals surface area contributed by atoms with Crippen LogP contribution in [0.25, 0.3) is 11.0 Å². The van der Waals surface area contributed by atoms with E-state index in [-0.39, 0.29) is 6.04 Å². The maximum atomic E-state index is 12.3. The van der Waals surface area contributed by atoms with E-state index in [1.807, 2.05) is 12.1 Å². The number of methoxy groups -OCH3 is 1. The molecule has 1 N–H and O–H groups in total. The lowest BCUT2D eigenvalue weighted by molar-refractivity contribution is 0.0695. The number of rotatable bonds is 5. The third kappa shape index (κ3) is 4.40. The SMILES string of the molecule is COC(=O)N1CCc2c(C(=O)O)cc3c(nc(C4CCCCC4)n3[C@H](C)Cc3ccccc3)c2C1. The van der Waals surface area contributed by atoms with E-state index in [0.717, 1.165) is 47.2 Å².